The van der Waals surface area contributed by atoms with E-state index in [9.17, 15) is 0 Å². The summed E-state index contributed by atoms with van der Waals surface area (Å²) in [6, 6.07) is 5.99. The monoisotopic (exact) mass is 330 g/mol. The van der Waals surface area contributed by atoms with Crippen LogP contribution >= 0.6 is 27.5 Å². The van der Waals surface area contributed by atoms with Crippen LogP contribution in [0.15, 0.2) is 22.7 Å². The molecule has 0 radical (unpaired) electrons. The van der Waals surface area contributed by atoms with Crippen LogP contribution in [0.5, 0.6) is 0 Å². The van der Waals surface area contributed by atoms with Crippen LogP contribution in [0.1, 0.15) is 24.8 Å². The summed E-state index contributed by atoms with van der Waals surface area (Å²) in [5.74, 6) is 0. The van der Waals surface area contributed by atoms with Gasteiger partial charge in [0.15, 0.2) is 0 Å². The van der Waals surface area contributed by atoms with Crippen molar-refractivity contribution in [2.75, 3.05) is 20.6 Å². The highest BCUT2D eigenvalue weighted by Crippen LogP contribution is 2.35. The Morgan fingerprint density at radius 2 is 2.11 bits per heavy atom. The van der Waals surface area contributed by atoms with Crippen LogP contribution in [0, 0.1) is 0 Å². The van der Waals surface area contributed by atoms with Crippen molar-refractivity contribution < 1.29 is 0 Å². The molecule has 1 N–H and O–H groups in total. The van der Waals surface area contributed by atoms with Crippen LogP contribution < -0.4 is 5.32 Å². The minimum Gasteiger partial charge on any atom is -0.311 e. The van der Waals surface area contributed by atoms with Crippen molar-refractivity contribution in [1.82, 2.24) is 10.2 Å². The molecule has 0 unspecified atom stereocenters. The molecular formula is C14H20BrClN2. The molecule has 18 heavy (non-hydrogen) atoms. The normalized spacial score (nSPS) is 17.8. The molecule has 0 bridgehead atoms. The van der Waals surface area contributed by atoms with Gasteiger partial charge in [-0.2, -0.15) is 0 Å². The maximum atomic E-state index is 6.19. The number of hydrogen-bond donors (Lipinski definition) is 1. The average Bonchev–Trinajstić information content (AvgIpc) is 2.26. The molecule has 1 aliphatic carbocycles. The van der Waals surface area contributed by atoms with Crippen molar-refractivity contribution in [2.45, 2.75) is 31.3 Å². The number of hydrogen-bond acceptors (Lipinski definition) is 2. The van der Waals surface area contributed by atoms with Gasteiger partial charge in [0.1, 0.15) is 0 Å². The zero-order valence-electron chi connectivity index (χ0n) is 11.0. The maximum Gasteiger partial charge on any atom is 0.0451 e. The summed E-state index contributed by atoms with van der Waals surface area (Å²) in [5, 5.41) is 4.38. The molecule has 2 nitrogen and oxygen atoms in total. The van der Waals surface area contributed by atoms with E-state index in [0.717, 1.165) is 28.1 Å². The highest BCUT2D eigenvalue weighted by atomic mass is 79.9. The van der Waals surface area contributed by atoms with E-state index in [2.05, 4.69) is 46.3 Å². The van der Waals surface area contributed by atoms with E-state index >= 15 is 0 Å². The summed E-state index contributed by atoms with van der Waals surface area (Å²) in [5.41, 5.74) is 1.51. The zero-order chi connectivity index (χ0) is 13.2. The van der Waals surface area contributed by atoms with Crippen molar-refractivity contribution in [3.05, 3.63) is 33.3 Å². The minimum atomic E-state index is 0.360. The zero-order valence-corrected chi connectivity index (χ0v) is 13.3. The largest absolute Gasteiger partial charge is 0.311 e. The third-order valence-electron chi connectivity index (χ3n) is 4.01. The van der Waals surface area contributed by atoms with Crippen LogP contribution in [0.4, 0.5) is 0 Å². The predicted molar refractivity (Wildman–Crippen MR) is 81.1 cm³/mol. The predicted octanol–water partition coefficient (Wildman–Crippen LogP) is 3.68. The Balaban J connectivity index is 1.90. The van der Waals surface area contributed by atoms with Gasteiger partial charge in [0.25, 0.3) is 0 Å². The fourth-order valence-corrected chi connectivity index (χ4v) is 3.07. The first kappa shape index (κ1) is 14.3. The van der Waals surface area contributed by atoms with Crippen LogP contribution in [-0.2, 0) is 6.54 Å². The van der Waals surface area contributed by atoms with E-state index in [-0.39, 0.29) is 0 Å². The molecule has 4 heteroatoms. The summed E-state index contributed by atoms with van der Waals surface area (Å²) in [6.07, 6.45) is 3.93. The Hall–Kier alpha value is -0.0900. The molecule has 0 heterocycles. The van der Waals surface area contributed by atoms with Crippen LogP contribution in [0.2, 0.25) is 5.02 Å². The Morgan fingerprint density at radius 1 is 1.39 bits per heavy atom. The molecule has 0 aromatic heterocycles. The molecule has 0 atom stereocenters. The molecule has 1 saturated carbocycles. The second kappa shape index (κ2) is 5.91. The van der Waals surface area contributed by atoms with Gasteiger partial charge in [-0.3, -0.25) is 0 Å². The van der Waals surface area contributed by atoms with E-state index in [1.165, 1.54) is 19.3 Å². The first-order valence-electron chi connectivity index (χ1n) is 6.36. The molecule has 0 saturated heterocycles. The van der Waals surface area contributed by atoms with Crippen molar-refractivity contribution in [1.29, 1.82) is 0 Å². The van der Waals surface area contributed by atoms with Gasteiger partial charge in [-0.15, -0.1) is 0 Å². The van der Waals surface area contributed by atoms with Crippen molar-refractivity contribution in [3.63, 3.8) is 0 Å². The molecule has 2 rings (SSSR count). The third kappa shape index (κ3) is 3.08. The summed E-state index contributed by atoms with van der Waals surface area (Å²) < 4.78 is 1.08. The summed E-state index contributed by atoms with van der Waals surface area (Å²) in [6.45, 7) is 1.86. The lowest BCUT2D eigenvalue weighted by Crippen LogP contribution is -2.56. The maximum absolute atomic E-state index is 6.19. The number of nitrogens with one attached hydrogen (secondary N) is 1. The lowest BCUT2D eigenvalue weighted by molar-refractivity contribution is 0.0598. The van der Waals surface area contributed by atoms with Crippen LogP contribution in [0.3, 0.4) is 0 Å². The van der Waals surface area contributed by atoms with Gasteiger partial charge in [0.2, 0.25) is 0 Å². The molecular weight excluding hydrogens is 312 g/mol. The molecule has 0 spiro atoms. The molecule has 1 aromatic rings. The fourth-order valence-electron chi connectivity index (χ4n) is 2.48. The molecule has 0 aliphatic heterocycles. The molecule has 1 aromatic carbocycles. The number of likely N-dealkylation sites (N-methyl/N-ethyl adjacent to an activating group) is 1. The smallest absolute Gasteiger partial charge is 0.0451 e. The van der Waals surface area contributed by atoms with Gasteiger partial charge in [0.05, 0.1) is 0 Å². The average molecular weight is 332 g/mol. The van der Waals surface area contributed by atoms with Crippen molar-refractivity contribution in [3.8, 4) is 0 Å². The SMILES string of the molecule is CN(C)C1(CNCc2cc(Br)ccc2Cl)CCC1. The first-order chi connectivity index (χ1) is 8.53. The van der Waals surface area contributed by atoms with Crippen molar-refractivity contribution >= 4 is 27.5 Å². The van der Waals surface area contributed by atoms with Gasteiger partial charge in [-0.25, -0.2) is 0 Å². The number of nitrogens with zero attached hydrogens (tertiary/aromatic N) is 1. The second-order valence-electron chi connectivity index (χ2n) is 5.31. The van der Waals surface area contributed by atoms with Gasteiger partial charge in [-0.05, 0) is 57.1 Å². The Morgan fingerprint density at radius 3 is 2.67 bits per heavy atom. The lowest BCUT2D eigenvalue weighted by atomic mass is 9.75. The fraction of sp³-hybridized carbons (Fsp3) is 0.571. The van der Waals surface area contributed by atoms with E-state index in [1.54, 1.807) is 0 Å². The van der Waals surface area contributed by atoms with E-state index < -0.39 is 0 Å². The van der Waals surface area contributed by atoms with E-state index in [0.29, 0.717) is 5.54 Å². The van der Waals surface area contributed by atoms with Crippen molar-refractivity contribution in [2.24, 2.45) is 0 Å². The topological polar surface area (TPSA) is 15.3 Å². The summed E-state index contributed by atoms with van der Waals surface area (Å²) in [4.78, 5) is 2.35. The third-order valence-corrected chi connectivity index (χ3v) is 4.87. The first-order valence-corrected chi connectivity index (χ1v) is 7.53. The molecule has 1 aliphatic rings. The van der Waals surface area contributed by atoms with E-state index in [4.69, 9.17) is 11.6 Å². The lowest BCUT2D eigenvalue weighted by Gasteiger charge is -2.47. The quantitative estimate of drug-likeness (QED) is 0.885. The Bertz CT molecular complexity index is 416. The Labute approximate surface area is 123 Å². The highest BCUT2D eigenvalue weighted by molar-refractivity contribution is 9.10. The standard InChI is InChI=1S/C14H20BrClN2/c1-18(2)14(6-3-7-14)10-17-9-11-8-12(15)4-5-13(11)16/h4-5,8,17H,3,6-7,9-10H2,1-2H3. The van der Waals surface area contributed by atoms with Crippen LogP contribution in [0.25, 0.3) is 0 Å². The summed E-state index contributed by atoms with van der Waals surface area (Å²) in [7, 11) is 4.35. The minimum absolute atomic E-state index is 0.360. The Kier molecular flexibility index (Phi) is 4.70. The van der Waals surface area contributed by atoms with Gasteiger partial charge >= 0.3 is 0 Å². The van der Waals surface area contributed by atoms with Gasteiger partial charge < -0.3 is 10.2 Å². The highest BCUT2D eigenvalue weighted by Gasteiger charge is 2.38. The molecule has 0 amide bonds. The van der Waals surface area contributed by atoms with E-state index in [1.807, 2.05) is 12.1 Å². The van der Waals surface area contributed by atoms with Crippen LogP contribution in [-0.4, -0.2) is 31.1 Å². The number of benzene rings is 1. The number of halogens is 2. The van der Waals surface area contributed by atoms with Gasteiger partial charge in [-0.1, -0.05) is 27.5 Å². The number of rotatable bonds is 5. The van der Waals surface area contributed by atoms with Gasteiger partial charge in [0, 0.05) is 28.1 Å². The molecule has 100 valence electrons. The molecule has 1 fully saturated rings. The summed E-state index contributed by atoms with van der Waals surface area (Å²) >= 11 is 9.67. The second-order valence-corrected chi connectivity index (χ2v) is 6.63.